The third-order valence-corrected chi connectivity index (χ3v) is 9.63. The molecule has 6 rings (SSSR count). The molecule has 3 N–H and O–H groups in total. The number of nitrogens with one attached hydrogen (secondary N) is 1. The zero-order chi connectivity index (χ0) is 23.9. The second-order valence-corrected chi connectivity index (χ2v) is 11.5. The van der Waals surface area contributed by atoms with Crippen molar-refractivity contribution in [3.8, 4) is 11.3 Å². The molecule has 3 unspecified atom stereocenters. The highest BCUT2D eigenvalue weighted by atomic mass is 32.1. The first-order valence-electron chi connectivity index (χ1n) is 12.2. The highest BCUT2D eigenvalue weighted by molar-refractivity contribution is 7.19. The number of H-pyrrole nitrogens is 1. The van der Waals surface area contributed by atoms with Crippen molar-refractivity contribution >= 4 is 33.1 Å². The predicted octanol–water partition coefficient (Wildman–Crippen LogP) is 4.79. The van der Waals surface area contributed by atoms with E-state index >= 15 is 0 Å². The van der Waals surface area contributed by atoms with Gasteiger partial charge in [-0.3, -0.25) is 9.69 Å². The summed E-state index contributed by atoms with van der Waals surface area (Å²) in [6.07, 6.45) is 7.20. The largest absolute Gasteiger partial charge is 0.369 e. The summed E-state index contributed by atoms with van der Waals surface area (Å²) in [5.41, 5.74) is 14.1. The molecule has 0 aliphatic carbocycles. The van der Waals surface area contributed by atoms with Crippen LogP contribution in [0.25, 0.3) is 27.1 Å². The normalized spacial score (nSPS) is 22.7. The van der Waals surface area contributed by atoms with E-state index in [2.05, 4.69) is 60.8 Å². The number of amides is 1. The van der Waals surface area contributed by atoms with Crippen LogP contribution in [0.2, 0.25) is 0 Å². The minimum absolute atomic E-state index is 0.214. The molecule has 2 aliphatic rings. The molecule has 6 heterocycles. The number of thiophene rings is 1. The summed E-state index contributed by atoms with van der Waals surface area (Å²) in [6.45, 7) is 11.6. The van der Waals surface area contributed by atoms with Gasteiger partial charge in [-0.2, -0.15) is 5.10 Å². The van der Waals surface area contributed by atoms with Crippen LogP contribution >= 0.6 is 11.3 Å². The van der Waals surface area contributed by atoms with Gasteiger partial charge in [0.2, 0.25) is 5.91 Å². The van der Waals surface area contributed by atoms with Crippen LogP contribution in [0.15, 0.2) is 12.5 Å². The molecule has 0 saturated carbocycles. The van der Waals surface area contributed by atoms with Crippen molar-refractivity contribution in [2.45, 2.75) is 77.8 Å². The van der Waals surface area contributed by atoms with Gasteiger partial charge in [-0.15, -0.1) is 11.3 Å². The fourth-order valence-corrected chi connectivity index (χ4v) is 8.05. The molecule has 178 valence electrons. The van der Waals surface area contributed by atoms with Crippen molar-refractivity contribution in [3.63, 3.8) is 0 Å². The monoisotopic (exact) mass is 476 g/mol. The quantitative estimate of drug-likeness (QED) is 0.433. The first-order valence-corrected chi connectivity index (χ1v) is 13.1. The minimum Gasteiger partial charge on any atom is -0.369 e. The Hall–Kier alpha value is -2.71. The molecule has 34 heavy (non-hydrogen) atoms. The molecule has 7 nitrogen and oxygen atoms in total. The maximum atomic E-state index is 11.7. The molecule has 4 aromatic heterocycles. The number of fused-ring (bicyclic) bond motifs is 4. The Bertz CT molecular complexity index is 1440. The molecule has 2 bridgehead atoms. The number of nitrogens with zero attached hydrogens (tertiary/aromatic N) is 4. The van der Waals surface area contributed by atoms with Gasteiger partial charge in [-0.1, -0.05) is 13.8 Å². The summed E-state index contributed by atoms with van der Waals surface area (Å²) in [5.74, 6) is 0.652. The summed E-state index contributed by atoms with van der Waals surface area (Å²) in [6, 6.07) is 0.919. The summed E-state index contributed by atoms with van der Waals surface area (Å²) >= 11 is 1.91. The summed E-state index contributed by atoms with van der Waals surface area (Å²) in [7, 11) is 0. The maximum absolute atomic E-state index is 11.7. The van der Waals surface area contributed by atoms with Crippen molar-refractivity contribution in [1.29, 1.82) is 0 Å². The van der Waals surface area contributed by atoms with Crippen LogP contribution in [0.5, 0.6) is 0 Å². The highest BCUT2D eigenvalue weighted by Crippen LogP contribution is 2.52. The van der Waals surface area contributed by atoms with E-state index in [0.29, 0.717) is 30.5 Å². The molecule has 2 aliphatic heterocycles. The number of nitrogens with two attached hydrogens (primary N) is 1. The molecule has 3 atom stereocenters. The number of primary amides is 1. The van der Waals surface area contributed by atoms with Crippen molar-refractivity contribution in [2.75, 3.05) is 6.54 Å². The van der Waals surface area contributed by atoms with E-state index in [-0.39, 0.29) is 5.91 Å². The summed E-state index contributed by atoms with van der Waals surface area (Å²) < 4.78 is 1.89. The first-order chi connectivity index (χ1) is 16.3. The van der Waals surface area contributed by atoms with E-state index in [1.54, 1.807) is 6.33 Å². The van der Waals surface area contributed by atoms with Gasteiger partial charge in [0.1, 0.15) is 11.2 Å². The van der Waals surface area contributed by atoms with Crippen LogP contribution in [-0.2, 0) is 4.79 Å². The molecule has 0 aromatic carbocycles. The third-order valence-electron chi connectivity index (χ3n) is 8.29. The topological polar surface area (TPSA) is 92.3 Å². The number of carbonyl (C=O) groups excluding carboxylic acids is 1. The lowest BCUT2D eigenvalue weighted by molar-refractivity contribution is -0.119. The molecule has 8 heteroatoms. The maximum Gasteiger partial charge on any atom is 0.231 e. The summed E-state index contributed by atoms with van der Waals surface area (Å²) in [4.78, 5) is 25.0. The molecule has 0 radical (unpaired) electrons. The molecule has 2 fully saturated rings. The number of aromatic nitrogens is 4. The third kappa shape index (κ3) is 3.01. The summed E-state index contributed by atoms with van der Waals surface area (Å²) in [5, 5.41) is 5.79. The number of aryl methyl sites for hydroxylation is 2. The van der Waals surface area contributed by atoms with E-state index in [0.717, 1.165) is 24.1 Å². The van der Waals surface area contributed by atoms with E-state index in [1.807, 2.05) is 15.9 Å². The van der Waals surface area contributed by atoms with Crippen molar-refractivity contribution in [1.82, 2.24) is 24.5 Å². The first kappa shape index (κ1) is 21.8. The highest BCUT2D eigenvalue weighted by Gasteiger charge is 2.48. The minimum atomic E-state index is -0.214. The van der Waals surface area contributed by atoms with Gasteiger partial charge in [0.05, 0.1) is 12.2 Å². The zero-order valence-electron chi connectivity index (χ0n) is 20.5. The smallest absolute Gasteiger partial charge is 0.231 e. The Labute approximate surface area is 203 Å². The number of carbonyl (C=O) groups is 1. The Kier molecular flexibility index (Phi) is 4.90. The SMILES string of the molecule is Cc1c(-c2[nH]c3sc(C4CC5CCC4N5CC(N)=O)c(C)c3c2C(C)C)cn2ncnc2c1C. The Morgan fingerprint density at radius 2 is 2.03 bits per heavy atom. The Balaban J connectivity index is 1.48. The van der Waals surface area contributed by atoms with Gasteiger partial charge >= 0.3 is 0 Å². The van der Waals surface area contributed by atoms with Crippen molar-refractivity contribution in [2.24, 2.45) is 5.73 Å². The lowest BCUT2D eigenvalue weighted by Gasteiger charge is -2.23. The van der Waals surface area contributed by atoms with Gasteiger partial charge in [0.25, 0.3) is 0 Å². The average molecular weight is 477 g/mol. The fraction of sp³-hybridized carbons (Fsp3) is 0.500. The number of rotatable bonds is 5. The van der Waals surface area contributed by atoms with E-state index in [4.69, 9.17) is 5.73 Å². The Morgan fingerprint density at radius 1 is 1.24 bits per heavy atom. The van der Waals surface area contributed by atoms with Crippen LogP contribution in [-0.4, -0.2) is 49.0 Å². The number of pyridine rings is 1. The van der Waals surface area contributed by atoms with Crippen LogP contribution < -0.4 is 5.73 Å². The van der Waals surface area contributed by atoms with Gasteiger partial charge in [-0.25, -0.2) is 9.50 Å². The van der Waals surface area contributed by atoms with Crippen LogP contribution in [0.3, 0.4) is 0 Å². The van der Waals surface area contributed by atoms with E-state index in [9.17, 15) is 4.79 Å². The van der Waals surface area contributed by atoms with Gasteiger partial charge in [0, 0.05) is 40.0 Å². The molecule has 0 spiro atoms. The Morgan fingerprint density at radius 3 is 2.76 bits per heavy atom. The predicted molar refractivity (Wildman–Crippen MR) is 137 cm³/mol. The molecular formula is C26H32N6OS. The number of hydrogen-bond donors (Lipinski definition) is 2. The van der Waals surface area contributed by atoms with Crippen LogP contribution in [0.4, 0.5) is 0 Å². The second kappa shape index (κ2) is 7.65. The molecule has 2 saturated heterocycles. The van der Waals surface area contributed by atoms with Crippen molar-refractivity contribution < 1.29 is 4.79 Å². The number of hydrogen-bond acceptors (Lipinski definition) is 5. The number of aromatic amines is 1. The fourth-order valence-electron chi connectivity index (χ4n) is 6.66. The van der Waals surface area contributed by atoms with E-state index in [1.165, 1.54) is 49.5 Å². The van der Waals surface area contributed by atoms with Gasteiger partial charge in [-0.05, 0) is 68.2 Å². The van der Waals surface area contributed by atoms with Gasteiger partial charge in [0.15, 0.2) is 5.65 Å². The average Bonchev–Trinajstić information content (AvgIpc) is 3.58. The molecular weight excluding hydrogens is 444 g/mol. The van der Waals surface area contributed by atoms with Crippen LogP contribution in [0, 0.1) is 20.8 Å². The molecule has 4 aromatic rings. The second-order valence-electron chi connectivity index (χ2n) is 10.5. The lowest BCUT2D eigenvalue weighted by atomic mass is 9.85. The van der Waals surface area contributed by atoms with Gasteiger partial charge < -0.3 is 10.7 Å². The standard InChI is InChI=1S/C26H32N6OS/c1-12(2)21-22-15(5)24(17-8-16-6-7-19(17)31(16)10-20(27)33)34-26(22)30-23(21)18-9-32-25(28-11-29-32)14(4)13(18)3/h9,11-12,16-17,19,30H,6-8,10H2,1-5H3,(H2,27,33). The zero-order valence-corrected chi connectivity index (χ0v) is 21.3. The molecule has 1 amide bonds. The van der Waals surface area contributed by atoms with E-state index < -0.39 is 0 Å². The lowest BCUT2D eigenvalue weighted by Crippen LogP contribution is -2.37. The van der Waals surface area contributed by atoms with Crippen LogP contribution in [0.1, 0.15) is 72.1 Å². The van der Waals surface area contributed by atoms with Crippen molar-refractivity contribution in [3.05, 3.63) is 39.7 Å².